The molecule has 4 rings (SSSR count). The number of anilines is 2. The third-order valence-electron chi connectivity index (χ3n) is 4.83. The van der Waals surface area contributed by atoms with Gasteiger partial charge < -0.3 is 10.1 Å². The molecule has 0 spiro atoms. The van der Waals surface area contributed by atoms with Gasteiger partial charge in [-0.25, -0.2) is 4.90 Å². The van der Waals surface area contributed by atoms with Gasteiger partial charge in [0.25, 0.3) is 11.8 Å². The summed E-state index contributed by atoms with van der Waals surface area (Å²) in [6.45, 7) is 1.96. The van der Waals surface area contributed by atoms with E-state index in [1.54, 1.807) is 55.6 Å². The highest BCUT2D eigenvalue weighted by Gasteiger charge is 2.40. The first-order valence-electron chi connectivity index (χ1n) is 9.34. The highest BCUT2D eigenvalue weighted by atomic mass is 35.5. The van der Waals surface area contributed by atoms with E-state index >= 15 is 0 Å². The lowest BCUT2D eigenvalue weighted by atomic mass is 10.0. The van der Waals surface area contributed by atoms with Gasteiger partial charge in [0.05, 0.1) is 18.4 Å². The molecule has 3 aromatic rings. The van der Waals surface area contributed by atoms with Crippen molar-refractivity contribution in [2.24, 2.45) is 0 Å². The smallest absolute Gasteiger partial charge is 0.282 e. The summed E-state index contributed by atoms with van der Waals surface area (Å²) in [6, 6.07) is 21.3. The second kappa shape index (κ2) is 8.05. The van der Waals surface area contributed by atoms with Crippen LogP contribution in [0.1, 0.15) is 11.1 Å². The SMILES string of the molecule is COc1ccc(N2C(=O)C(Nc3cccc(C)c3)=C(c3ccc(Cl)cc3)C2=O)cc1. The molecule has 1 heterocycles. The number of methoxy groups -OCH3 is 1. The molecular formula is C24H19ClN2O3. The van der Waals surface area contributed by atoms with Gasteiger partial charge in [-0.15, -0.1) is 0 Å². The number of aryl methyl sites for hydroxylation is 1. The fraction of sp³-hybridized carbons (Fsp3) is 0.0833. The predicted octanol–water partition coefficient (Wildman–Crippen LogP) is 5.05. The van der Waals surface area contributed by atoms with Gasteiger partial charge in [-0.2, -0.15) is 0 Å². The molecule has 5 nitrogen and oxygen atoms in total. The Morgan fingerprint density at radius 1 is 0.900 bits per heavy atom. The number of benzene rings is 3. The number of nitrogens with zero attached hydrogens (tertiary/aromatic N) is 1. The van der Waals surface area contributed by atoms with Crippen LogP contribution < -0.4 is 15.0 Å². The number of carbonyl (C=O) groups is 2. The molecule has 0 unspecified atom stereocenters. The summed E-state index contributed by atoms with van der Waals surface area (Å²) in [5, 5.41) is 3.71. The van der Waals surface area contributed by atoms with Crippen molar-refractivity contribution in [3.63, 3.8) is 0 Å². The fourth-order valence-electron chi connectivity index (χ4n) is 3.36. The van der Waals surface area contributed by atoms with E-state index in [0.717, 1.165) is 11.3 Å². The number of rotatable bonds is 5. The largest absolute Gasteiger partial charge is 0.497 e. The minimum atomic E-state index is -0.420. The fourth-order valence-corrected chi connectivity index (χ4v) is 3.49. The molecule has 150 valence electrons. The van der Waals surface area contributed by atoms with Crippen LogP contribution in [0.15, 0.2) is 78.5 Å². The summed E-state index contributed by atoms with van der Waals surface area (Å²) in [5.74, 6) is -0.180. The summed E-state index contributed by atoms with van der Waals surface area (Å²) in [7, 11) is 1.56. The zero-order valence-corrected chi connectivity index (χ0v) is 17.2. The lowest BCUT2D eigenvalue weighted by Crippen LogP contribution is -2.32. The van der Waals surface area contributed by atoms with Crippen molar-refractivity contribution in [2.45, 2.75) is 6.92 Å². The third kappa shape index (κ3) is 3.67. The van der Waals surface area contributed by atoms with Crippen LogP contribution in [0, 0.1) is 6.92 Å². The molecule has 0 aliphatic carbocycles. The second-order valence-corrected chi connectivity index (χ2v) is 7.33. The molecule has 30 heavy (non-hydrogen) atoms. The first-order valence-corrected chi connectivity index (χ1v) is 9.72. The molecule has 0 aromatic heterocycles. The summed E-state index contributed by atoms with van der Waals surface area (Å²) < 4.78 is 5.17. The van der Waals surface area contributed by atoms with Crippen molar-refractivity contribution in [2.75, 3.05) is 17.3 Å². The van der Waals surface area contributed by atoms with E-state index in [4.69, 9.17) is 16.3 Å². The highest BCUT2D eigenvalue weighted by Crippen LogP contribution is 2.34. The Balaban J connectivity index is 1.80. The van der Waals surface area contributed by atoms with Gasteiger partial charge in [0.2, 0.25) is 0 Å². The first kappa shape index (κ1) is 19.7. The van der Waals surface area contributed by atoms with Crippen molar-refractivity contribution in [1.29, 1.82) is 0 Å². The molecule has 0 atom stereocenters. The summed E-state index contributed by atoms with van der Waals surface area (Å²) >= 11 is 6.01. The van der Waals surface area contributed by atoms with Crippen LogP contribution in [0.3, 0.4) is 0 Å². The number of amides is 2. The second-order valence-electron chi connectivity index (χ2n) is 6.90. The Labute approximate surface area is 179 Å². The van der Waals surface area contributed by atoms with Gasteiger partial charge in [0.1, 0.15) is 11.4 Å². The minimum Gasteiger partial charge on any atom is -0.497 e. The van der Waals surface area contributed by atoms with E-state index in [1.807, 2.05) is 31.2 Å². The molecule has 0 fully saturated rings. The molecule has 1 aliphatic rings. The molecule has 0 bridgehead atoms. The van der Waals surface area contributed by atoms with Crippen molar-refractivity contribution in [3.05, 3.63) is 94.6 Å². The molecule has 6 heteroatoms. The number of halogens is 1. The standard InChI is InChI=1S/C24H19ClN2O3/c1-15-4-3-5-18(14-15)26-22-21(16-6-8-17(25)9-7-16)23(28)27(24(22)29)19-10-12-20(30-2)13-11-19/h3-14,26H,1-2H3. The van der Waals surface area contributed by atoms with Crippen LogP contribution in [-0.4, -0.2) is 18.9 Å². The van der Waals surface area contributed by atoms with Crippen molar-refractivity contribution in [3.8, 4) is 5.75 Å². The van der Waals surface area contributed by atoms with Crippen LogP contribution in [-0.2, 0) is 9.59 Å². The lowest BCUT2D eigenvalue weighted by molar-refractivity contribution is -0.120. The number of hydrogen-bond acceptors (Lipinski definition) is 4. The number of nitrogens with one attached hydrogen (secondary N) is 1. The van der Waals surface area contributed by atoms with Crippen molar-refractivity contribution < 1.29 is 14.3 Å². The van der Waals surface area contributed by atoms with Gasteiger partial charge in [-0.05, 0) is 66.6 Å². The first-order chi connectivity index (χ1) is 14.5. The van der Waals surface area contributed by atoms with Gasteiger partial charge in [0.15, 0.2) is 0 Å². The Hall–Kier alpha value is -3.57. The summed E-state index contributed by atoms with van der Waals surface area (Å²) in [4.78, 5) is 27.9. The molecule has 0 radical (unpaired) electrons. The lowest BCUT2D eigenvalue weighted by Gasteiger charge is -2.16. The molecular weight excluding hydrogens is 400 g/mol. The van der Waals surface area contributed by atoms with Gasteiger partial charge in [-0.3, -0.25) is 9.59 Å². The molecule has 0 saturated heterocycles. The van der Waals surface area contributed by atoms with E-state index in [1.165, 1.54) is 4.90 Å². The highest BCUT2D eigenvalue weighted by molar-refractivity contribution is 6.46. The maximum absolute atomic E-state index is 13.4. The number of ether oxygens (including phenoxy) is 1. The van der Waals surface area contributed by atoms with Crippen LogP contribution in [0.4, 0.5) is 11.4 Å². The predicted molar refractivity (Wildman–Crippen MR) is 119 cm³/mol. The molecule has 1 N–H and O–H groups in total. The van der Waals surface area contributed by atoms with Crippen LogP contribution in [0.5, 0.6) is 5.75 Å². The minimum absolute atomic E-state index is 0.226. The van der Waals surface area contributed by atoms with Crippen LogP contribution in [0.25, 0.3) is 5.57 Å². The Morgan fingerprint density at radius 2 is 1.60 bits per heavy atom. The topological polar surface area (TPSA) is 58.6 Å². The summed E-state index contributed by atoms with van der Waals surface area (Å²) in [5.41, 5.74) is 3.38. The number of carbonyl (C=O) groups excluding carboxylic acids is 2. The van der Waals surface area contributed by atoms with E-state index in [9.17, 15) is 9.59 Å². The number of imide groups is 1. The monoisotopic (exact) mass is 418 g/mol. The van der Waals surface area contributed by atoms with E-state index < -0.39 is 11.8 Å². The average molecular weight is 419 g/mol. The van der Waals surface area contributed by atoms with E-state index in [-0.39, 0.29) is 5.70 Å². The Kier molecular flexibility index (Phi) is 5.29. The van der Waals surface area contributed by atoms with Crippen LogP contribution in [0.2, 0.25) is 5.02 Å². The van der Waals surface area contributed by atoms with Crippen molar-refractivity contribution in [1.82, 2.24) is 0 Å². The maximum atomic E-state index is 13.4. The summed E-state index contributed by atoms with van der Waals surface area (Å²) in [6.07, 6.45) is 0. The molecule has 1 aliphatic heterocycles. The Morgan fingerprint density at radius 3 is 2.23 bits per heavy atom. The molecule has 2 amide bonds. The van der Waals surface area contributed by atoms with Crippen molar-refractivity contribution >= 4 is 40.4 Å². The number of hydrogen-bond donors (Lipinski definition) is 1. The Bertz CT molecular complexity index is 1150. The molecule has 3 aromatic carbocycles. The third-order valence-corrected chi connectivity index (χ3v) is 5.09. The zero-order valence-electron chi connectivity index (χ0n) is 16.5. The normalized spacial score (nSPS) is 13.8. The van der Waals surface area contributed by atoms with Gasteiger partial charge >= 0.3 is 0 Å². The van der Waals surface area contributed by atoms with E-state index in [2.05, 4.69) is 5.32 Å². The van der Waals surface area contributed by atoms with E-state index in [0.29, 0.717) is 27.6 Å². The quantitative estimate of drug-likeness (QED) is 0.589. The van der Waals surface area contributed by atoms with Gasteiger partial charge in [-0.1, -0.05) is 35.9 Å². The maximum Gasteiger partial charge on any atom is 0.282 e. The average Bonchev–Trinajstić information content (AvgIpc) is 2.98. The zero-order chi connectivity index (χ0) is 21.3. The van der Waals surface area contributed by atoms with Crippen LogP contribution >= 0.6 is 11.6 Å². The van der Waals surface area contributed by atoms with Gasteiger partial charge in [0, 0.05) is 10.7 Å². The molecule has 0 saturated carbocycles.